The average Bonchev–Trinajstić information content (AvgIpc) is 3.27. The second kappa shape index (κ2) is 4.26. The minimum Gasteiger partial charge on any atom is -0.0616 e. The summed E-state index contributed by atoms with van der Waals surface area (Å²) in [5, 5.41) is 19.6. The van der Waals surface area contributed by atoms with E-state index in [9.17, 15) is 0 Å². The Morgan fingerprint density at radius 1 is 0.250 bits per heavy atom. The minimum absolute atomic E-state index is 1.34. The molecule has 0 N–H and O–H groups in total. The van der Waals surface area contributed by atoms with Gasteiger partial charge < -0.3 is 0 Å². The standard InChI is InChI=1S/C28H14/c1-2-7-19-17(6-1)18-8-4-9-20-21-14-13-16-12-11-15-5-3-10-22-23(15)24(16)26(21)28(22)27(19)25(18)20/h1-14H. The van der Waals surface area contributed by atoms with Gasteiger partial charge in [0.2, 0.25) is 0 Å². The van der Waals surface area contributed by atoms with Crippen molar-refractivity contribution in [2.45, 2.75) is 0 Å². The summed E-state index contributed by atoms with van der Waals surface area (Å²) in [5.41, 5.74) is 0. The van der Waals surface area contributed by atoms with E-state index in [0.29, 0.717) is 0 Å². The third-order valence-electron chi connectivity index (χ3n) is 6.89. The maximum Gasteiger partial charge on any atom is -0.000697 e. The smallest absolute Gasteiger partial charge is 0.000697 e. The van der Waals surface area contributed by atoms with Gasteiger partial charge in [-0.25, -0.2) is 0 Å². The van der Waals surface area contributed by atoms with Gasteiger partial charge in [0, 0.05) is 0 Å². The fourth-order valence-electron chi connectivity index (χ4n) is 5.88. The highest BCUT2D eigenvalue weighted by Crippen LogP contribution is 2.52. The normalized spacial score (nSPS) is 13.0. The van der Waals surface area contributed by atoms with Gasteiger partial charge in [-0.05, 0) is 75.4 Å². The van der Waals surface area contributed by atoms with Crippen molar-refractivity contribution < 1.29 is 0 Å². The number of benzene rings is 6. The zero-order valence-electron chi connectivity index (χ0n) is 15.1. The van der Waals surface area contributed by atoms with Crippen LogP contribution in [-0.2, 0) is 0 Å². The fraction of sp³-hybridized carbons (Fsp3) is 0. The molecule has 0 amide bonds. The van der Waals surface area contributed by atoms with Gasteiger partial charge >= 0.3 is 0 Å². The van der Waals surface area contributed by atoms with Crippen LogP contribution in [0.15, 0.2) is 84.9 Å². The summed E-state index contributed by atoms with van der Waals surface area (Å²) in [7, 11) is 0. The molecule has 0 atom stereocenters. The van der Waals surface area contributed by atoms with Gasteiger partial charge in [-0.15, -0.1) is 0 Å². The third kappa shape index (κ3) is 1.28. The first-order valence-electron chi connectivity index (χ1n) is 9.89. The molecule has 0 spiro atoms. The zero-order chi connectivity index (χ0) is 18.0. The Balaban J connectivity index is 1.94. The highest BCUT2D eigenvalue weighted by atomic mass is 14.2. The maximum absolute atomic E-state index is 2.34. The fourth-order valence-corrected chi connectivity index (χ4v) is 5.88. The molecule has 8 aromatic carbocycles. The van der Waals surface area contributed by atoms with Gasteiger partial charge in [0.05, 0.1) is 0 Å². The second-order valence-corrected chi connectivity index (χ2v) is 8.08. The average molecular weight is 350 g/mol. The lowest BCUT2D eigenvalue weighted by Gasteiger charge is -2.08. The summed E-state index contributed by atoms with van der Waals surface area (Å²) < 4.78 is 0. The number of fused-ring (bicyclic) bond motifs is 6. The Hall–Kier alpha value is -3.64. The molecule has 0 saturated carbocycles. The van der Waals surface area contributed by atoms with Crippen LogP contribution in [0.2, 0.25) is 0 Å². The monoisotopic (exact) mass is 350 g/mol. The van der Waals surface area contributed by atoms with E-state index in [0.717, 1.165) is 0 Å². The van der Waals surface area contributed by atoms with Crippen molar-refractivity contribution in [3.8, 4) is 0 Å². The summed E-state index contributed by atoms with van der Waals surface area (Å²) in [6.07, 6.45) is 0. The van der Waals surface area contributed by atoms with E-state index in [1.54, 1.807) is 0 Å². The van der Waals surface area contributed by atoms with Crippen LogP contribution in [0.5, 0.6) is 0 Å². The quantitative estimate of drug-likeness (QED) is 0.243. The number of hydrogen-bond acceptors (Lipinski definition) is 0. The van der Waals surface area contributed by atoms with Crippen molar-refractivity contribution >= 4 is 75.4 Å². The molecule has 0 heteroatoms. The van der Waals surface area contributed by atoms with Crippen molar-refractivity contribution in [2.24, 2.45) is 0 Å². The van der Waals surface area contributed by atoms with Crippen LogP contribution in [0.25, 0.3) is 75.4 Å². The molecule has 8 aromatic rings. The molecular weight excluding hydrogens is 336 g/mol. The third-order valence-corrected chi connectivity index (χ3v) is 6.89. The summed E-state index contributed by atoms with van der Waals surface area (Å²) >= 11 is 0. The van der Waals surface area contributed by atoms with Crippen molar-refractivity contribution in [3.05, 3.63) is 84.9 Å². The SMILES string of the molecule is c1ccc2c(c1)c1cccc3c4ccc5ccc6cccc7c6c5c4c7c2c13. The molecule has 0 saturated heterocycles. The van der Waals surface area contributed by atoms with Crippen LogP contribution in [0.4, 0.5) is 0 Å². The van der Waals surface area contributed by atoms with E-state index in [2.05, 4.69) is 84.9 Å². The first-order valence-corrected chi connectivity index (χ1v) is 9.89. The van der Waals surface area contributed by atoms with Crippen molar-refractivity contribution in [2.75, 3.05) is 0 Å². The summed E-state index contributed by atoms with van der Waals surface area (Å²) in [6.45, 7) is 0. The van der Waals surface area contributed by atoms with Gasteiger partial charge in [0.15, 0.2) is 0 Å². The largest absolute Gasteiger partial charge is 0.0616 e. The van der Waals surface area contributed by atoms with Gasteiger partial charge in [0.25, 0.3) is 0 Å². The van der Waals surface area contributed by atoms with E-state index in [4.69, 9.17) is 0 Å². The van der Waals surface area contributed by atoms with E-state index < -0.39 is 0 Å². The topological polar surface area (TPSA) is 0 Å². The molecule has 0 radical (unpaired) electrons. The Bertz CT molecular complexity index is 1850. The Morgan fingerprint density at radius 3 is 1.64 bits per heavy atom. The molecule has 0 fully saturated rings. The highest BCUT2D eigenvalue weighted by molar-refractivity contribution is 6.50. The van der Waals surface area contributed by atoms with E-state index in [1.807, 2.05) is 0 Å². The molecule has 28 heavy (non-hydrogen) atoms. The summed E-state index contributed by atoms with van der Waals surface area (Å²) in [4.78, 5) is 0. The van der Waals surface area contributed by atoms with Crippen molar-refractivity contribution in [1.82, 2.24) is 0 Å². The van der Waals surface area contributed by atoms with Crippen molar-refractivity contribution in [3.63, 3.8) is 0 Å². The van der Waals surface area contributed by atoms with Crippen LogP contribution < -0.4 is 0 Å². The molecule has 0 aliphatic heterocycles. The first-order chi connectivity index (χ1) is 13.9. The minimum atomic E-state index is 1.34. The van der Waals surface area contributed by atoms with Gasteiger partial charge in [-0.1, -0.05) is 84.9 Å². The van der Waals surface area contributed by atoms with E-state index >= 15 is 0 Å². The van der Waals surface area contributed by atoms with Crippen LogP contribution in [-0.4, -0.2) is 0 Å². The highest BCUT2D eigenvalue weighted by Gasteiger charge is 2.23. The molecule has 0 aliphatic rings. The molecule has 8 rings (SSSR count). The lowest BCUT2D eigenvalue weighted by molar-refractivity contribution is 1.85. The number of rotatable bonds is 0. The lowest BCUT2D eigenvalue weighted by Crippen LogP contribution is -1.80. The molecule has 126 valence electrons. The Labute approximate surface area is 160 Å². The predicted octanol–water partition coefficient (Wildman–Crippen LogP) is 8.07. The second-order valence-electron chi connectivity index (χ2n) is 8.08. The molecule has 0 unspecified atom stereocenters. The van der Waals surface area contributed by atoms with Crippen LogP contribution in [0.1, 0.15) is 0 Å². The van der Waals surface area contributed by atoms with Crippen LogP contribution in [0.3, 0.4) is 0 Å². The lowest BCUT2D eigenvalue weighted by atomic mass is 9.94. The van der Waals surface area contributed by atoms with E-state index in [1.165, 1.54) is 75.4 Å². The Morgan fingerprint density at radius 2 is 0.750 bits per heavy atom. The van der Waals surface area contributed by atoms with E-state index in [-0.39, 0.29) is 0 Å². The Kier molecular flexibility index (Phi) is 2.06. The molecule has 0 nitrogen and oxygen atoms in total. The molecular formula is C28H14. The molecule has 0 aliphatic carbocycles. The molecule has 0 heterocycles. The predicted molar refractivity (Wildman–Crippen MR) is 123 cm³/mol. The van der Waals surface area contributed by atoms with Crippen LogP contribution in [0, 0.1) is 0 Å². The van der Waals surface area contributed by atoms with Gasteiger partial charge in [-0.3, -0.25) is 0 Å². The molecule has 0 aromatic heterocycles. The number of hydrogen-bond donors (Lipinski definition) is 0. The maximum atomic E-state index is 2.34. The van der Waals surface area contributed by atoms with Gasteiger partial charge in [0.1, 0.15) is 0 Å². The zero-order valence-corrected chi connectivity index (χ0v) is 15.1. The van der Waals surface area contributed by atoms with Crippen molar-refractivity contribution in [1.29, 1.82) is 0 Å². The summed E-state index contributed by atoms with van der Waals surface area (Å²) in [6, 6.07) is 31.7. The molecule has 0 bridgehead atoms. The summed E-state index contributed by atoms with van der Waals surface area (Å²) in [5.74, 6) is 0. The van der Waals surface area contributed by atoms with Crippen LogP contribution >= 0.6 is 0 Å². The van der Waals surface area contributed by atoms with Gasteiger partial charge in [-0.2, -0.15) is 0 Å². The first kappa shape index (κ1) is 13.5.